The van der Waals surface area contributed by atoms with E-state index in [1.807, 2.05) is 22.7 Å². The summed E-state index contributed by atoms with van der Waals surface area (Å²) in [5.74, 6) is 0. The topological polar surface area (TPSA) is 6.48 Å². The van der Waals surface area contributed by atoms with E-state index < -0.39 is 0 Å². The fourth-order valence-electron chi connectivity index (χ4n) is 8.06. The van der Waals surface area contributed by atoms with Gasteiger partial charge in [-0.2, -0.15) is 0 Å². The van der Waals surface area contributed by atoms with Crippen molar-refractivity contribution in [1.82, 2.24) is 0 Å². The highest BCUT2D eigenvalue weighted by atomic mass is 32.1. The Kier molecular flexibility index (Phi) is 9.44. The first-order chi connectivity index (χ1) is 27.7. The van der Waals surface area contributed by atoms with Crippen molar-refractivity contribution in [3.8, 4) is 32.0 Å². The smallest absolute Gasteiger partial charge is 0.0461 e. The van der Waals surface area contributed by atoms with E-state index in [2.05, 4.69) is 192 Å². The molecule has 7 aromatic rings. The molecule has 56 heavy (non-hydrogen) atoms. The number of allylic oxidation sites excluding steroid dienone is 7. The van der Waals surface area contributed by atoms with Gasteiger partial charge in [-0.3, -0.25) is 0 Å². The Balaban J connectivity index is 0.913. The van der Waals surface area contributed by atoms with Gasteiger partial charge in [-0.15, -0.1) is 22.7 Å². The number of anilines is 4. The zero-order valence-corrected chi connectivity index (χ0v) is 32.9. The van der Waals surface area contributed by atoms with Gasteiger partial charge in [0.05, 0.1) is 0 Å². The van der Waals surface area contributed by atoms with Crippen LogP contribution in [-0.4, -0.2) is 0 Å². The molecule has 0 atom stereocenters. The molecule has 0 spiro atoms. The minimum absolute atomic E-state index is 1.05. The van der Waals surface area contributed by atoms with Crippen LogP contribution < -0.4 is 9.80 Å². The Bertz CT molecular complexity index is 2630. The van der Waals surface area contributed by atoms with Crippen molar-refractivity contribution < 1.29 is 0 Å². The fraction of sp³-hybridized carbons (Fsp3) is 0.115. The first-order valence-electron chi connectivity index (χ1n) is 19.8. The van der Waals surface area contributed by atoms with Crippen LogP contribution in [0.15, 0.2) is 187 Å². The largest absolute Gasteiger partial charge is 0.311 e. The van der Waals surface area contributed by atoms with Gasteiger partial charge in [0.2, 0.25) is 0 Å². The minimum atomic E-state index is 1.05. The Morgan fingerprint density at radius 3 is 1.38 bits per heavy atom. The van der Waals surface area contributed by atoms with Gasteiger partial charge in [-0.1, -0.05) is 97.1 Å². The summed E-state index contributed by atoms with van der Waals surface area (Å²) in [7, 11) is 0. The molecule has 0 amide bonds. The van der Waals surface area contributed by atoms with Gasteiger partial charge in [0, 0.05) is 53.5 Å². The van der Waals surface area contributed by atoms with E-state index in [-0.39, 0.29) is 0 Å². The molecule has 2 nitrogen and oxygen atoms in total. The molecule has 3 aliphatic rings. The zero-order chi connectivity index (χ0) is 37.3. The summed E-state index contributed by atoms with van der Waals surface area (Å²) in [6.07, 6.45) is 25.0. The van der Waals surface area contributed by atoms with Crippen LogP contribution in [-0.2, 0) is 6.42 Å². The van der Waals surface area contributed by atoms with E-state index in [1.54, 1.807) is 0 Å². The molecule has 3 aliphatic carbocycles. The first kappa shape index (κ1) is 34.5. The Morgan fingerprint density at radius 2 is 0.893 bits per heavy atom. The fourth-order valence-corrected chi connectivity index (χ4v) is 10.3. The number of rotatable bonds is 9. The molecule has 0 saturated carbocycles. The maximum atomic E-state index is 2.39. The second-order valence-corrected chi connectivity index (χ2v) is 16.8. The lowest BCUT2D eigenvalue weighted by molar-refractivity contribution is 0.996. The van der Waals surface area contributed by atoms with E-state index >= 15 is 0 Å². The summed E-state index contributed by atoms with van der Waals surface area (Å²) in [5, 5.41) is 1.30. The molecule has 2 heterocycles. The molecule has 0 saturated heterocycles. The van der Waals surface area contributed by atoms with Gasteiger partial charge in [0.25, 0.3) is 0 Å². The molecule has 0 radical (unpaired) electrons. The summed E-state index contributed by atoms with van der Waals surface area (Å²) in [5.41, 5.74) is 13.5. The molecule has 10 rings (SSSR count). The second-order valence-electron chi connectivity index (χ2n) is 14.7. The molecule has 2 aromatic heterocycles. The third-order valence-corrected chi connectivity index (χ3v) is 13.3. The quantitative estimate of drug-likeness (QED) is 0.145. The lowest BCUT2D eigenvalue weighted by atomic mass is 10.0. The highest BCUT2D eigenvalue weighted by Crippen LogP contribution is 2.40. The Hall–Kier alpha value is -5.94. The van der Waals surface area contributed by atoms with Crippen molar-refractivity contribution in [2.24, 2.45) is 0 Å². The lowest BCUT2D eigenvalue weighted by Gasteiger charge is -2.28. The standard InChI is InChI=1S/C52H42N2S2/c1-3-13-43(14-4-1)53(47-31-23-39(24-32-47)51-35-41-11-7-9-17-49(41)55-51)45-27-19-37(20-28-45)38-21-29-46(30-22-38)54(44-15-5-2-6-16-44)48-33-25-40(26-34-48)52-36-42-12-8-10-18-50(42)56-52/h3,5,7,9-11,13-36H,1-2,4,6,8,12H2. The van der Waals surface area contributed by atoms with Gasteiger partial charge in [-0.05, 0) is 157 Å². The Morgan fingerprint density at radius 1 is 0.411 bits per heavy atom. The van der Waals surface area contributed by atoms with Gasteiger partial charge in [0.1, 0.15) is 0 Å². The van der Waals surface area contributed by atoms with E-state index in [0.717, 1.165) is 55.6 Å². The number of aryl methyl sites for hydroxylation is 1. The zero-order valence-electron chi connectivity index (χ0n) is 31.3. The van der Waals surface area contributed by atoms with Crippen molar-refractivity contribution in [2.75, 3.05) is 9.80 Å². The van der Waals surface area contributed by atoms with Gasteiger partial charge in [0.15, 0.2) is 0 Å². The highest BCUT2D eigenvalue weighted by Gasteiger charge is 2.18. The number of hydrogen-bond acceptors (Lipinski definition) is 4. The summed E-state index contributed by atoms with van der Waals surface area (Å²) < 4.78 is 1.33. The molecule has 4 heteroatoms. The van der Waals surface area contributed by atoms with Crippen molar-refractivity contribution in [3.05, 3.63) is 198 Å². The number of thiophene rings is 2. The van der Waals surface area contributed by atoms with Crippen LogP contribution in [0.5, 0.6) is 0 Å². The van der Waals surface area contributed by atoms with Crippen LogP contribution >= 0.6 is 22.7 Å². The maximum absolute atomic E-state index is 2.39. The van der Waals surface area contributed by atoms with Crippen LogP contribution in [0.3, 0.4) is 0 Å². The van der Waals surface area contributed by atoms with Crippen LogP contribution in [0.1, 0.15) is 42.5 Å². The SMILES string of the molecule is C1=CC(N(c2ccc(-c3ccc(N(C4=CCCC=C4)c4ccc(-c5cc6ccccc6s5)cc4)cc3)cc2)c2ccc(-c3cc4c(s3)C=CCC4)cc2)=CCC1. The average Bonchev–Trinajstić information content (AvgIpc) is 3.91. The number of benzene rings is 5. The van der Waals surface area contributed by atoms with E-state index in [1.165, 1.54) is 69.6 Å². The number of nitrogens with zero attached hydrogens (tertiary/aromatic N) is 2. The van der Waals surface area contributed by atoms with Crippen LogP contribution in [0.4, 0.5) is 22.7 Å². The minimum Gasteiger partial charge on any atom is -0.311 e. The molecule has 0 aliphatic heterocycles. The number of hydrogen-bond donors (Lipinski definition) is 0. The third-order valence-electron chi connectivity index (χ3n) is 11.0. The van der Waals surface area contributed by atoms with Crippen LogP contribution in [0.2, 0.25) is 0 Å². The van der Waals surface area contributed by atoms with E-state index in [0.29, 0.717) is 0 Å². The van der Waals surface area contributed by atoms with Crippen molar-refractivity contribution >= 4 is 61.6 Å². The van der Waals surface area contributed by atoms with Crippen LogP contribution in [0, 0.1) is 0 Å². The predicted molar refractivity (Wildman–Crippen MR) is 243 cm³/mol. The average molecular weight is 759 g/mol. The maximum Gasteiger partial charge on any atom is 0.0461 e. The molecule has 0 fully saturated rings. The van der Waals surface area contributed by atoms with E-state index in [4.69, 9.17) is 0 Å². The molecule has 0 bridgehead atoms. The van der Waals surface area contributed by atoms with Gasteiger partial charge >= 0.3 is 0 Å². The summed E-state index contributed by atoms with van der Waals surface area (Å²) >= 11 is 3.76. The molecular weight excluding hydrogens is 717 g/mol. The summed E-state index contributed by atoms with van der Waals surface area (Å²) in [6, 6.07) is 49.6. The van der Waals surface area contributed by atoms with Crippen LogP contribution in [0.25, 0.3) is 48.2 Å². The summed E-state index contributed by atoms with van der Waals surface area (Å²) in [4.78, 5) is 8.84. The molecule has 0 N–H and O–H groups in total. The monoisotopic (exact) mass is 758 g/mol. The highest BCUT2D eigenvalue weighted by molar-refractivity contribution is 7.22. The second kappa shape index (κ2) is 15.3. The van der Waals surface area contributed by atoms with E-state index in [9.17, 15) is 0 Å². The van der Waals surface area contributed by atoms with Gasteiger partial charge in [-0.25, -0.2) is 0 Å². The predicted octanol–water partition coefficient (Wildman–Crippen LogP) is 15.7. The molecule has 0 unspecified atom stereocenters. The normalized spacial score (nSPS) is 14.7. The van der Waals surface area contributed by atoms with Crippen molar-refractivity contribution in [2.45, 2.75) is 38.5 Å². The lowest BCUT2D eigenvalue weighted by Crippen LogP contribution is -2.16. The van der Waals surface area contributed by atoms with Gasteiger partial charge < -0.3 is 9.80 Å². The number of fused-ring (bicyclic) bond motifs is 2. The molecule has 272 valence electrons. The third kappa shape index (κ3) is 6.92. The van der Waals surface area contributed by atoms with Crippen molar-refractivity contribution in [1.29, 1.82) is 0 Å². The van der Waals surface area contributed by atoms with Crippen molar-refractivity contribution in [3.63, 3.8) is 0 Å². The summed E-state index contributed by atoms with van der Waals surface area (Å²) in [6.45, 7) is 0. The molecule has 5 aromatic carbocycles. The molecular formula is C52H42N2S2. The Labute approximate surface area is 338 Å². The first-order valence-corrected chi connectivity index (χ1v) is 21.4.